The van der Waals surface area contributed by atoms with Crippen LogP contribution < -0.4 is 0 Å². The third-order valence-electron chi connectivity index (χ3n) is 4.08. The fraction of sp³-hybridized carbons (Fsp3) is 0.375. The lowest BCUT2D eigenvalue weighted by atomic mass is 10.00. The van der Waals surface area contributed by atoms with Crippen LogP contribution in [0.2, 0.25) is 0 Å². The number of alkyl halides is 3. The van der Waals surface area contributed by atoms with E-state index in [0.717, 1.165) is 37.8 Å². The lowest BCUT2D eigenvalue weighted by Crippen LogP contribution is -2.05. The second kappa shape index (κ2) is 5.48. The van der Waals surface area contributed by atoms with Crippen molar-refractivity contribution >= 4 is 0 Å². The van der Waals surface area contributed by atoms with E-state index in [1.807, 2.05) is 10.8 Å². The number of nitrogens with zero attached hydrogens (tertiary/aromatic N) is 3. The van der Waals surface area contributed by atoms with E-state index in [9.17, 15) is 13.2 Å². The summed E-state index contributed by atoms with van der Waals surface area (Å²) in [6, 6.07) is 5.43. The van der Waals surface area contributed by atoms with E-state index in [1.54, 1.807) is 6.20 Å². The number of hydrogen-bond acceptors (Lipinski definition) is 2. The molecule has 1 aliphatic rings. The Morgan fingerprint density at radius 2 is 1.95 bits per heavy atom. The van der Waals surface area contributed by atoms with Gasteiger partial charge in [0.25, 0.3) is 0 Å². The van der Waals surface area contributed by atoms with Crippen LogP contribution in [0, 0.1) is 11.3 Å². The molecule has 6 heteroatoms. The van der Waals surface area contributed by atoms with Gasteiger partial charge in [0.1, 0.15) is 0 Å². The second-order valence-electron chi connectivity index (χ2n) is 5.52. The summed E-state index contributed by atoms with van der Waals surface area (Å²) < 4.78 is 40.4. The highest BCUT2D eigenvalue weighted by molar-refractivity contribution is 5.70. The number of nitriles is 1. The summed E-state index contributed by atoms with van der Waals surface area (Å²) in [6.07, 6.45) is 3.22. The zero-order chi connectivity index (χ0) is 15.7. The Morgan fingerprint density at radius 3 is 2.59 bits per heavy atom. The first-order valence-corrected chi connectivity index (χ1v) is 7.15. The molecular formula is C16H14F3N3. The fourth-order valence-corrected chi connectivity index (χ4v) is 2.90. The van der Waals surface area contributed by atoms with E-state index >= 15 is 0 Å². The van der Waals surface area contributed by atoms with E-state index in [1.165, 1.54) is 12.3 Å². The van der Waals surface area contributed by atoms with Gasteiger partial charge in [-0.25, -0.2) is 0 Å². The van der Waals surface area contributed by atoms with Gasteiger partial charge in [-0.15, -0.1) is 0 Å². The number of rotatable bonds is 2. The summed E-state index contributed by atoms with van der Waals surface area (Å²) in [7, 11) is 0. The van der Waals surface area contributed by atoms with Crippen molar-refractivity contribution in [2.45, 2.75) is 37.9 Å². The van der Waals surface area contributed by atoms with Crippen molar-refractivity contribution in [1.82, 2.24) is 9.78 Å². The number of benzene rings is 1. The predicted molar refractivity (Wildman–Crippen MR) is 74.9 cm³/mol. The molecule has 1 aliphatic carbocycles. The van der Waals surface area contributed by atoms with Crippen molar-refractivity contribution in [3.8, 4) is 17.2 Å². The summed E-state index contributed by atoms with van der Waals surface area (Å²) in [4.78, 5) is 0. The Labute approximate surface area is 126 Å². The molecule has 1 saturated carbocycles. The minimum Gasteiger partial charge on any atom is -0.269 e. The van der Waals surface area contributed by atoms with Crippen LogP contribution in [-0.2, 0) is 6.18 Å². The van der Waals surface area contributed by atoms with Gasteiger partial charge in [-0.05, 0) is 31.0 Å². The molecule has 0 N–H and O–H groups in total. The molecule has 1 aromatic carbocycles. The molecule has 0 aliphatic heterocycles. The van der Waals surface area contributed by atoms with Gasteiger partial charge in [0.2, 0.25) is 0 Å². The summed E-state index contributed by atoms with van der Waals surface area (Å²) >= 11 is 0. The quantitative estimate of drug-likeness (QED) is 0.816. The van der Waals surface area contributed by atoms with E-state index < -0.39 is 11.7 Å². The van der Waals surface area contributed by atoms with Gasteiger partial charge in [-0.1, -0.05) is 12.8 Å². The molecule has 114 valence electrons. The highest BCUT2D eigenvalue weighted by atomic mass is 19.4. The standard InChI is InChI=1S/C16H14F3N3/c17-16(18,19)13-6-5-11(8-20)15(7-13)12-9-21-22(10-12)14-3-1-2-4-14/h5-7,9-10,14H,1-4H2. The first-order chi connectivity index (χ1) is 10.5. The maximum absolute atomic E-state index is 12.9. The Morgan fingerprint density at radius 1 is 1.23 bits per heavy atom. The number of halogens is 3. The predicted octanol–water partition coefficient (Wildman–Crippen LogP) is 4.56. The van der Waals surface area contributed by atoms with E-state index in [4.69, 9.17) is 5.26 Å². The van der Waals surface area contributed by atoms with Crippen LogP contribution in [-0.4, -0.2) is 9.78 Å². The molecule has 22 heavy (non-hydrogen) atoms. The van der Waals surface area contributed by atoms with Gasteiger partial charge in [0, 0.05) is 17.3 Å². The number of hydrogen-bond donors (Lipinski definition) is 0. The highest BCUT2D eigenvalue weighted by Crippen LogP contribution is 2.35. The monoisotopic (exact) mass is 305 g/mol. The van der Waals surface area contributed by atoms with Gasteiger partial charge >= 0.3 is 6.18 Å². The van der Waals surface area contributed by atoms with Crippen molar-refractivity contribution in [3.05, 3.63) is 41.7 Å². The van der Waals surface area contributed by atoms with E-state index in [0.29, 0.717) is 11.6 Å². The van der Waals surface area contributed by atoms with Crippen LogP contribution in [0.4, 0.5) is 13.2 Å². The van der Waals surface area contributed by atoms with Crippen LogP contribution >= 0.6 is 0 Å². The zero-order valence-electron chi connectivity index (χ0n) is 11.8. The molecule has 1 fully saturated rings. The van der Waals surface area contributed by atoms with Crippen LogP contribution in [0.25, 0.3) is 11.1 Å². The Bertz CT molecular complexity index is 719. The molecule has 0 atom stereocenters. The van der Waals surface area contributed by atoms with Gasteiger partial charge in [-0.2, -0.15) is 23.5 Å². The Balaban J connectivity index is 2.01. The lowest BCUT2D eigenvalue weighted by molar-refractivity contribution is -0.137. The molecule has 0 radical (unpaired) electrons. The van der Waals surface area contributed by atoms with Crippen LogP contribution in [0.3, 0.4) is 0 Å². The minimum atomic E-state index is -4.43. The molecule has 0 bridgehead atoms. The third-order valence-corrected chi connectivity index (χ3v) is 4.08. The summed E-state index contributed by atoms with van der Waals surface area (Å²) in [6.45, 7) is 0. The average Bonchev–Trinajstić information content (AvgIpc) is 3.16. The third kappa shape index (κ3) is 2.71. The fourth-order valence-electron chi connectivity index (χ4n) is 2.90. The van der Waals surface area contributed by atoms with Crippen LogP contribution in [0.5, 0.6) is 0 Å². The molecule has 1 aromatic heterocycles. The van der Waals surface area contributed by atoms with Gasteiger partial charge in [0.05, 0.1) is 29.4 Å². The van der Waals surface area contributed by atoms with Crippen LogP contribution in [0.1, 0.15) is 42.9 Å². The molecule has 0 saturated heterocycles. The maximum Gasteiger partial charge on any atom is 0.416 e. The largest absolute Gasteiger partial charge is 0.416 e. The molecule has 0 unspecified atom stereocenters. The molecule has 1 heterocycles. The van der Waals surface area contributed by atoms with Crippen molar-refractivity contribution in [3.63, 3.8) is 0 Å². The molecule has 3 rings (SSSR count). The van der Waals surface area contributed by atoms with E-state index in [-0.39, 0.29) is 11.1 Å². The summed E-state index contributed by atoms with van der Waals surface area (Å²) in [5, 5.41) is 13.4. The normalized spacial score (nSPS) is 15.9. The van der Waals surface area contributed by atoms with Crippen molar-refractivity contribution in [1.29, 1.82) is 5.26 Å². The summed E-state index contributed by atoms with van der Waals surface area (Å²) in [5.74, 6) is 0. The van der Waals surface area contributed by atoms with E-state index in [2.05, 4.69) is 5.10 Å². The topological polar surface area (TPSA) is 41.6 Å². The van der Waals surface area contributed by atoms with Gasteiger partial charge in [-0.3, -0.25) is 4.68 Å². The molecule has 3 nitrogen and oxygen atoms in total. The smallest absolute Gasteiger partial charge is 0.269 e. The average molecular weight is 305 g/mol. The first-order valence-electron chi connectivity index (χ1n) is 7.15. The van der Waals surface area contributed by atoms with Crippen molar-refractivity contribution < 1.29 is 13.2 Å². The van der Waals surface area contributed by atoms with Crippen LogP contribution in [0.15, 0.2) is 30.6 Å². The number of aromatic nitrogens is 2. The minimum absolute atomic E-state index is 0.221. The van der Waals surface area contributed by atoms with Gasteiger partial charge < -0.3 is 0 Å². The Hall–Kier alpha value is -2.29. The second-order valence-corrected chi connectivity index (χ2v) is 5.52. The molecular weight excluding hydrogens is 291 g/mol. The SMILES string of the molecule is N#Cc1ccc(C(F)(F)F)cc1-c1cnn(C2CCCC2)c1. The molecule has 0 amide bonds. The summed E-state index contributed by atoms with van der Waals surface area (Å²) in [5.41, 5.74) is 0.296. The van der Waals surface area contributed by atoms with Crippen molar-refractivity contribution in [2.75, 3.05) is 0 Å². The first kappa shape index (κ1) is 14.6. The Kier molecular flexibility index (Phi) is 3.65. The maximum atomic E-state index is 12.9. The van der Waals surface area contributed by atoms with Gasteiger partial charge in [0.15, 0.2) is 0 Å². The zero-order valence-corrected chi connectivity index (χ0v) is 11.8. The molecule has 2 aromatic rings. The lowest BCUT2D eigenvalue weighted by Gasteiger charge is -2.10. The molecule has 0 spiro atoms. The van der Waals surface area contributed by atoms with Crippen molar-refractivity contribution in [2.24, 2.45) is 0 Å². The highest BCUT2D eigenvalue weighted by Gasteiger charge is 2.31.